The first-order valence-corrected chi connectivity index (χ1v) is 11.9. The molecule has 0 bridgehead atoms. The number of amides is 1. The van der Waals surface area contributed by atoms with Gasteiger partial charge in [0, 0.05) is 31.2 Å². The summed E-state index contributed by atoms with van der Waals surface area (Å²) in [4.78, 5) is 15.0. The minimum absolute atomic E-state index is 0.0881. The fraction of sp³-hybridized carbons (Fsp3) is 0.833. The van der Waals surface area contributed by atoms with Gasteiger partial charge in [0.15, 0.2) is 4.34 Å². The van der Waals surface area contributed by atoms with E-state index >= 15 is 0 Å². The maximum Gasteiger partial charge on any atom is 0.230 e. The molecule has 3 aliphatic rings. The highest BCUT2D eigenvalue weighted by Gasteiger charge is 2.38. The third kappa shape index (κ3) is 5.34. The van der Waals surface area contributed by atoms with E-state index in [0.29, 0.717) is 11.8 Å². The summed E-state index contributed by atoms with van der Waals surface area (Å²) in [6, 6.07) is 0.575. The third-order valence-corrected chi connectivity index (χ3v) is 7.71. The molecule has 27 heavy (non-hydrogen) atoms. The molecule has 0 aromatic carbocycles. The van der Waals surface area contributed by atoms with Crippen LogP contribution in [0.3, 0.4) is 0 Å². The van der Waals surface area contributed by atoms with E-state index < -0.39 is 0 Å². The summed E-state index contributed by atoms with van der Waals surface area (Å²) in [6.45, 7) is 4.31. The maximum atomic E-state index is 12.4. The van der Waals surface area contributed by atoms with Crippen LogP contribution in [0.25, 0.3) is 0 Å². The summed E-state index contributed by atoms with van der Waals surface area (Å²) in [5.74, 6) is 0.488. The Labute approximate surface area is 169 Å². The fourth-order valence-corrected chi connectivity index (χ4v) is 5.68. The number of hydrogen-bond acceptors (Lipinski definition) is 8. The van der Waals surface area contributed by atoms with Crippen LogP contribution in [0, 0.1) is 0 Å². The van der Waals surface area contributed by atoms with E-state index in [-0.39, 0.29) is 11.4 Å². The minimum atomic E-state index is 0.0881. The zero-order valence-corrected chi connectivity index (χ0v) is 17.4. The van der Waals surface area contributed by atoms with Gasteiger partial charge in [-0.1, -0.05) is 42.4 Å². The largest absolute Gasteiger partial charge is 0.379 e. The van der Waals surface area contributed by atoms with Crippen molar-refractivity contribution in [3.05, 3.63) is 0 Å². The van der Waals surface area contributed by atoms with Gasteiger partial charge in [0.1, 0.15) is 0 Å². The fourth-order valence-electron chi connectivity index (χ4n) is 4.02. The van der Waals surface area contributed by atoms with E-state index in [4.69, 9.17) is 4.74 Å². The lowest BCUT2D eigenvalue weighted by molar-refractivity contribution is -0.119. The molecule has 1 saturated heterocycles. The van der Waals surface area contributed by atoms with Crippen LogP contribution in [0.2, 0.25) is 0 Å². The summed E-state index contributed by atoms with van der Waals surface area (Å²) in [6.07, 6.45) is 8.60. The molecule has 1 aromatic heterocycles. The second-order valence-corrected chi connectivity index (χ2v) is 9.94. The first kappa shape index (κ1) is 19.4. The first-order valence-electron chi connectivity index (χ1n) is 10.1. The average molecular weight is 412 g/mol. The molecule has 0 unspecified atom stereocenters. The number of nitrogens with zero attached hydrogens (tertiary/aromatic N) is 3. The molecule has 7 nitrogen and oxygen atoms in total. The van der Waals surface area contributed by atoms with Gasteiger partial charge in [-0.05, 0) is 25.7 Å². The van der Waals surface area contributed by atoms with Crippen LogP contribution in [0.15, 0.2) is 4.34 Å². The smallest absolute Gasteiger partial charge is 0.230 e. The Morgan fingerprint density at radius 3 is 2.74 bits per heavy atom. The molecule has 0 spiro atoms. The van der Waals surface area contributed by atoms with E-state index in [2.05, 4.69) is 25.7 Å². The van der Waals surface area contributed by atoms with Crippen LogP contribution in [-0.4, -0.2) is 71.2 Å². The predicted octanol–water partition coefficient (Wildman–Crippen LogP) is 2.36. The van der Waals surface area contributed by atoms with Crippen molar-refractivity contribution in [3.63, 3.8) is 0 Å². The Balaban J connectivity index is 1.25. The number of hydrogen-bond donors (Lipinski definition) is 2. The SMILES string of the molecule is O=C(CSc1nnc(NC2CC2)s1)NCC1(N2CCOCC2)CCCCC1. The molecule has 4 rings (SSSR count). The summed E-state index contributed by atoms with van der Waals surface area (Å²) < 4.78 is 6.38. The monoisotopic (exact) mass is 411 g/mol. The molecule has 1 amide bonds. The number of aromatic nitrogens is 2. The summed E-state index contributed by atoms with van der Waals surface area (Å²) >= 11 is 3.02. The van der Waals surface area contributed by atoms with Crippen molar-refractivity contribution in [2.24, 2.45) is 0 Å². The molecule has 9 heteroatoms. The van der Waals surface area contributed by atoms with Crippen LogP contribution in [-0.2, 0) is 9.53 Å². The zero-order valence-electron chi connectivity index (χ0n) is 15.7. The highest BCUT2D eigenvalue weighted by atomic mass is 32.2. The predicted molar refractivity (Wildman–Crippen MR) is 108 cm³/mol. The molecule has 3 fully saturated rings. The van der Waals surface area contributed by atoms with E-state index in [1.54, 1.807) is 0 Å². The number of morpholine rings is 1. The molecule has 0 atom stereocenters. The number of rotatable bonds is 8. The van der Waals surface area contributed by atoms with Crippen LogP contribution >= 0.6 is 23.1 Å². The second-order valence-electron chi connectivity index (χ2n) is 7.74. The minimum Gasteiger partial charge on any atom is -0.379 e. The molecule has 0 radical (unpaired) electrons. The molecule has 1 aliphatic heterocycles. The van der Waals surface area contributed by atoms with Gasteiger partial charge in [0.05, 0.1) is 19.0 Å². The lowest BCUT2D eigenvalue weighted by Crippen LogP contribution is -2.59. The van der Waals surface area contributed by atoms with Crippen molar-refractivity contribution in [2.45, 2.75) is 60.9 Å². The number of carbonyl (C=O) groups is 1. The maximum absolute atomic E-state index is 12.4. The van der Waals surface area contributed by atoms with E-state index in [9.17, 15) is 4.79 Å². The Morgan fingerprint density at radius 1 is 1.22 bits per heavy atom. The van der Waals surface area contributed by atoms with Crippen molar-refractivity contribution in [1.82, 2.24) is 20.4 Å². The van der Waals surface area contributed by atoms with Gasteiger partial charge < -0.3 is 15.4 Å². The van der Waals surface area contributed by atoms with Gasteiger partial charge in [0.25, 0.3) is 0 Å². The number of carbonyl (C=O) groups excluding carboxylic acids is 1. The van der Waals surface area contributed by atoms with Crippen molar-refractivity contribution >= 4 is 34.1 Å². The van der Waals surface area contributed by atoms with Gasteiger partial charge in [-0.2, -0.15) is 0 Å². The molecule has 2 aliphatic carbocycles. The third-order valence-electron chi connectivity index (χ3n) is 5.72. The average Bonchev–Trinajstić information content (AvgIpc) is 3.42. The van der Waals surface area contributed by atoms with Crippen LogP contribution in [0.4, 0.5) is 5.13 Å². The first-order chi connectivity index (χ1) is 13.2. The summed E-state index contributed by atoms with van der Waals surface area (Å²) in [5.41, 5.74) is 0.118. The zero-order chi connectivity index (χ0) is 18.5. The molecule has 2 saturated carbocycles. The number of ether oxygens (including phenoxy) is 1. The van der Waals surface area contributed by atoms with Crippen molar-refractivity contribution < 1.29 is 9.53 Å². The highest BCUT2D eigenvalue weighted by Crippen LogP contribution is 2.34. The number of nitrogens with one attached hydrogen (secondary N) is 2. The molecular formula is C18H29N5O2S2. The molecule has 1 aromatic rings. The lowest BCUT2D eigenvalue weighted by atomic mass is 9.79. The second kappa shape index (κ2) is 9.07. The van der Waals surface area contributed by atoms with Crippen LogP contribution in [0.5, 0.6) is 0 Å². The van der Waals surface area contributed by atoms with Crippen molar-refractivity contribution in [1.29, 1.82) is 0 Å². The number of thioether (sulfide) groups is 1. The highest BCUT2D eigenvalue weighted by molar-refractivity contribution is 8.01. The summed E-state index contributed by atoms with van der Waals surface area (Å²) in [5, 5.41) is 15.8. The van der Waals surface area contributed by atoms with Gasteiger partial charge in [0.2, 0.25) is 11.0 Å². The molecular weight excluding hydrogens is 382 g/mol. The van der Waals surface area contributed by atoms with Crippen molar-refractivity contribution in [3.8, 4) is 0 Å². The van der Waals surface area contributed by atoms with Gasteiger partial charge in [-0.25, -0.2) is 0 Å². The molecule has 2 N–H and O–H groups in total. The van der Waals surface area contributed by atoms with E-state index in [1.807, 2.05) is 0 Å². The van der Waals surface area contributed by atoms with Crippen LogP contribution < -0.4 is 10.6 Å². The van der Waals surface area contributed by atoms with Gasteiger partial charge in [-0.15, -0.1) is 10.2 Å². The number of anilines is 1. The summed E-state index contributed by atoms with van der Waals surface area (Å²) in [7, 11) is 0. The standard InChI is InChI=1S/C18H29N5O2S2/c24-15(12-26-17-22-21-16(27-17)20-14-4-5-14)19-13-18(6-2-1-3-7-18)23-8-10-25-11-9-23/h14H,1-13H2,(H,19,24)(H,20,21). The van der Waals surface area contributed by atoms with Gasteiger partial charge in [-0.3, -0.25) is 9.69 Å². The molecule has 2 heterocycles. The van der Waals surface area contributed by atoms with Crippen LogP contribution in [0.1, 0.15) is 44.9 Å². The van der Waals surface area contributed by atoms with E-state index in [0.717, 1.165) is 42.3 Å². The quantitative estimate of drug-likeness (QED) is 0.636. The lowest BCUT2D eigenvalue weighted by Gasteiger charge is -2.48. The van der Waals surface area contributed by atoms with E-state index in [1.165, 1.54) is 68.0 Å². The van der Waals surface area contributed by atoms with Gasteiger partial charge >= 0.3 is 0 Å². The Hall–Kier alpha value is -0.900. The Bertz CT molecular complexity index is 625. The molecule has 150 valence electrons. The Morgan fingerprint density at radius 2 is 2.00 bits per heavy atom. The normalized spacial score (nSPS) is 23.1. The van der Waals surface area contributed by atoms with Crippen molar-refractivity contribution in [2.75, 3.05) is 43.9 Å². The topological polar surface area (TPSA) is 79.4 Å². The Kier molecular flexibility index (Phi) is 6.52.